The molecule has 0 fully saturated rings. The zero-order valence-electron chi connectivity index (χ0n) is 13.5. The van der Waals surface area contributed by atoms with E-state index in [1.165, 1.54) is 4.85 Å². The molecule has 1 aromatic heterocycles. The molecule has 0 N–H and O–H groups in total. The summed E-state index contributed by atoms with van der Waals surface area (Å²) in [6, 6.07) is 6.09. The Morgan fingerprint density at radius 3 is 2.12 bits per heavy atom. The molecule has 1 aromatic carbocycles. The van der Waals surface area contributed by atoms with Crippen molar-refractivity contribution in [2.45, 2.75) is 0 Å². The van der Waals surface area contributed by atoms with Gasteiger partial charge in [-0.15, -0.1) is 5.10 Å². The molecule has 2 rings (SSSR count). The van der Waals surface area contributed by atoms with Gasteiger partial charge in [-0.1, -0.05) is 22.5 Å². The van der Waals surface area contributed by atoms with E-state index in [9.17, 15) is 25.2 Å². The Hall–Kier alpha value is -1.81. The Bertz CT molecular complexity index is 789. The first-order valence-electron chi connectivity index (χ1n) is 6.42. The van der Waals surface area contributed by atoms with Crippen LogP contribution in [0.15, 0.2) is 18.2 Å². The molecule has 0 spiro atoms. The van der Waals surface area contributed by atoms with Gasteiger partial charge in [0.2, 0.25) is 0 Å². The normalized spacial score (nSPS) is 14.0. The molecule has 0 aliphatic rings. The summed E-state index contributed by atoms with van der Waals surface area (Å²) >= 11 is 6.03. The predicted molar refractivity (Wildman–Crippen MR) is 83.5 cm³/mol. The van der Waals surface area contributed by atoms with Crippen molar-refractivity contribution in [2.24, 2.45) is 0 Å². The van der Waals surface area contributed by atoms with Crippen molar-refractivity contribution in [1.29, 1.82) is 0 Å². The number of hydrogen-bond donors (Lipinski definition) is 0. The Balaban J connectivity index is 0.000000381. The van der Waals surface area contributed by atoms with Crippen LogP contribution in [0.3, 0.4) is 0 Å². The molecule has 0 bridgehead atoms. The fraction of sp³-hybridized carbons (Fsp3) is 0.364. The number of amidine groups is 1. The first-order valence-corrected chi connectivity index (χ1v) is 8.82. The van der Waals surface area contributed by atoms with Crippen LogP contribution in [-0.4, -0.2) is 58.8 Å². The Labute approximate surface area is 143 Å². The predicted octanol–water partition coefficient (Wildman–Crippen LogP) is 4.09. The number of hydrogen-bond acceptors (Lipinski definition) is 3. The van der Waals surface area contributed by atoms with Crippen LogP contribution >= 0.6 is 19.4 Å². The second-order valence-electron chi connectivity index (χ2n) is 5.19. The van der Waals surface area contributed by atoms with Crippen LogP contribution in [0.4, 0.5) is 25.2 Å². The van der Waals surface area contributed by atoms with Gasteiger partial charge in [0.15, 0.2) is 0 Å². The molecule has 0 atom stereocenters. The van der Waals surface area contributed by atoms with Crippen LogP contribution in [0.5, 0.6) is 0 Å². The van der Waals surface area contributed by atoms with Crippen LogP contribution in [-0.2, 0) is 0 Å². The van der Waals surface area contributed by atoms with Crippen molar-refractivity contribution in [2.75, 3.05) is 28.2 Å². The molecular formula is C11H15ClF6N5OP. The molecular weight excluding hydrogens is 399 g/mol. The molecule has 0 saturated heterocycles. The summed E-state index contributed by atoms with van der Waals surface area (Å²) in [6.45, 7) is 0. The van der Waals surface area contributed by atoms with E-state index in [4.69, 9.17) is 16.4 Å². The molecule has 25 heavy (non-hydrogen) atoms. The van der Waals surface area contributed by atoms with E-state index in [2.05, 4.69) is 10.3 Å². The van der Waals surface area contributed by atoms with Crippen LogP contribution in [0.1, 0.15) is 0 Å². The van der Waals surface area contributed by atoms with Gasteiger partial charge in [0, 0.05) is 0 Å². The van der Waals surface area contributed by atoms with E-state index in [0.717, 1.165) is 5.52 Å². The minimum atomic E-state index is -10.7. The van der Waals surface area contributed by atoms with E-state index in [0.29, 0.717) is 16.6 Å². The summed E-state index contributed by atoms with van der Waals surface area (Å²) in [4.78, 5) is 8.90. The summed E-state index contributed by atoms with van der Waals surface area (Å²) in [5.74, 6) is 0. The zero-order valence-corrected chi connectivity index (χ0v) is 15.1. The number of aromatic nitrogens is 3. The standard InChI is InChI=1S/C11H15ClN5O.F6P/c1-15(2)11(16(3)4)18-17-9-7-5-6-8(12)10(9)13-14-17;1-7(2,3,4,5)6/h5-7H,1-4H3;/q+1;-1. The summed E-state index contributed by atoms with van der Waals surface area (Å²) in [7, 11) is -3.10. The van der Waals surface area contributed by atoms with E-state index >= 15 is 0 Å². The third-order valence-corrected chi connectivity index (χ3v) is 2.64. The first kappa shape index (κ1) is 21.2. The maximum absolute atomic E-state index is 10.7. The van der Waals surface area contributed by atoms with E-state index < -0.39 is 7.81 Å². The molecule has 0 aliphatic heterocycles. The SMILES string of the molecule is CN(C)C(On1nnc2c(Cl)cccc21)=[N+](C)C.F[P-](F)(F)(F)(F)F. The third-order valence-electron chi connectivity index (χ3n) is 2.33. The Morgan fingerprint density at radius 2 is 1.68 bits per heavy atom. The molecule has 0 saturated carbocycles. The summed E-state index contributed by atoms with van der Waals surface area (Å²) in [5.41, 5.74) is 1.35. The van der Waals surface area contributed by atoms with Gasteiger partial charge in [-0.3, -0.25) is 4.84 Å². The molecule has 1 heterocycles. The molecule has 0 unspecified atom stereocenters. The van der Waals surface area contributed by atoms with Gasteiger partial charge in [-0.25, -0.2) is 9.48 Å². The molecule has 14 heteroatoms. The molecule has 144 valence electrons. The first-order chi connectivity index (χ1) is 11.0. The maximum atomic E-state index is 9.87. The number of fused-ring (bicyclic) bond motifs is 1. The van der Waals surface area contributed by atoms with Crippen molar-refractivity contribution >= 4 is 36.5 Å². The molecule has 6 nitrogen and oxygen atoms in total. The van der Waals surface area contributed by atoms with Gasteiger partial charge in [-0.05, 0) is 17.3 Å². The van der Waals surface area contributed by atoms with Gasteiger partial charge < -0.3 is 0 Å². The molecule has 0 aliphatic carbocycles. The number of nitrogens with zero attached hydrogens (tertiary/aromatic N) is 5. The average molecular weight is 414 g/mol. The molecule has 2 aromatic rings. The van der Waals surface area contributed by atoms with E-state index in [1.807, 2.05) is 49.8 Å². The average Bonchev–Trinajstić information content (AvgIpc) is 2.76. The van der Waals surface area contributed by atoms with Crippen LogP contribution < -0.4 is 4.84 Å². The van der Waals surface area contributed by atoms with Crippen LogP contribution in [0.2, 0.25) is 5.02 Å². The Morgan fingerprint density at radius 1 is 1.16 bits per heavy atom. The molecule has 0 radical (unpaired) electrons. The summed E-state index contributed by atoms with van der Waals surface area (Å²) in [6.07, 6.45) is 0. The van der Waals surface area contributed by atoms with Gasteiger partial charge in [-0.2, -0.15) is 0 Å². The van der Waals surface area contributed by atoms with E-state index in [-0.39, 0.29) is 0 Å². The van der Waals surface area contributed by atoms with Gasteiger partial charge >= 0.3 is 39.0 Å². The monoisotopic (exact) mass is 413 g/mol. The summed E-state index contributed by atoms with van der Waals surface area (Å²) < 4.78 is 61.0. The number of halogens is 7. The zero-order chi connectivity index (χ0) is 19.7. The van der Waals surface area contributed by atoms with Crippen molar-refractivity contribution < 1.29 is 34.6 Å². The summed E-state index contributed by atoms with van der Waals surface area (Å²) in [5, 5.41) is 8.50. The second-order valence-corrected chi connectivity index (χ2v) is 7.51. The quantitative estimate of drug-likeness (QED) is 0.232. The van der Waals surface area contributed by atoms with E-state index in [1.54, 1.807) is 6.07 Å². The topological polar surface area (TPSA) is 46.2 Å². The van der Waals surface area contributed by atoms with Crippen molar-refractivity contribution in [3.05, 3.63) is 23.2 Å². The van der Waals surface area contributed by atoms with Crippen molar-refractivity contribution in [3.63, 3.8) is 0 Å². The van der Waals surface area contributed by atoms with Crippen molar-refractivity contribution in [3.8, 4) is 0 Å². The van der Waals surface area contributed by atoms with Crippen LogP contribution in [0.25, 0.3) is 11.0 Å². The van der Waals surface area contributed by atoms with Crippen molar-refractivity contribution in [1.82, 2.24) is 20.1 Å². The fourth-order valence-electron chi connectivity index (χ4n) is 1.60. The third kappa shape index (κ3) is 8.21. The van der Waals surface area contributed by atoms with Gasteiger partial charge in [0.05, 0.1) is 33.2 Å². The van der Waals surface area contributed by atoms with Crippen LogP contribution in [0, 0.1) is 0 Å². The number of benzene rings is 1. The minimum absolute atomic E-state index is 0.554. The van der Waals surface area contributed by atoms with Gasteiger partial charge in [0.1, 0.15) is 11.0 Å². The fourth-order valence-corrected chi connectivity index (χ4v) is 1.81. The Kier molecular flexibility index (Phi) is 5.24. The molecule has 0 amide bonds. The van der Waals surface area contributed by atoms with Gasteiger partial charge in [0.25, 0.3) is 0 Å². The second kappa shape index (κ2) is 6.17. The number of rotatable bonds is 1.